The highest BCUT2D eigenvalue weighted by Crippen LogP contribution is 2.08. The lowest BCUT2D eigenvalue weighted by Gasteiger charge is -2.17. The summed E-state index contributed by atoms with van der Waals surface area (Å²) in [4.78, 5) is 13.5. The van der Waals surface area contributed by atoms with Gasteiger partial charge in [0, 0.05) is 33.0 Å². The lowest BCUT2D eigenvalue weighted by atomic mass is 10.2. The number of amides is 1. The third-order valence-electron chi connectivity index (χ3n) is 2.73. The van der Waals surface area contributed by atoms with Crippen LogP contribution in [0.1, 0.15) is 12.0 Å². The number of likely N-dealkylation sites (N-methyl/N-ethyl adjacent to an activating group) is 1. The number of nitriles is 1. The first-order valence-electron chi connectivity index (χ1n) is 6.14. The van der Waals surface area contributed by atoms with Crippen LogP contribution in [0.4, 0.5) is 5.69 Å². The number of carbonyl (C=O) groups is 1. The van der Waals surface area contributed by atoms with Crippen LogP contribution in [0, 0.1) is 11.3 Å². The Kier molecular flexibility index (Phi) is 6.41. The minimum absolute atomic E-state index is 0.0282. The molecular formula is C14H19N3O2. The Balaban J connectivity index is 2.34. The Labute approximate surface area is 113 Å². The first kappa shape index (κ1) is 15.0. The number of nitrogens with one attached hydrogen (secondary N) is 1. The second-order valence-electron chi connectivity index (χ2n) is 4.20. The molecule has 1 rings (SSSR count). The largest absolute Gasteiger partial charge is 0.385 e. The maximum absolute atomic E-state index is 11.8. The van der Waals surface area contributed by atoms with Crippen molar-refractivity contribution < 1.29 is 9.53 Å². The summed E-state index contributed by atoms with van der Waals surface area (Å²) < 4.78 is 4.94. The molecule has 0 radical (unpaired) electrons. The van der Waals surface area contributed by atoms with E-state index in [9.17, 15) is 4.79 Å². The minimum Gasteiger partial charge on any atom is -0.385 e. The van der Waals surface area contributed by atoms with Crippen LogP contribution in [0.25, 0.3) is 0 Å². The fourth-order valence-electron chi connectivity index (χ4n) is 1.55. The lowest BCUT2D eigenvalue weighted by molar-refractivity contribution is -0.128. The summed E-state index contributed by atoms with van der Waals surface area (Å²) in [6.07, 6.45) is 0.829. The van der Waals surface area contributed by atoms with E-state index >= 15 is 0 Å². The number of hydrogen-bond acceptors (Lipinski definition) is 4. The summed E-state index contributed by atoms with van der Waals surface area (Å²) in [6.45, 7) is 1.58. The zero-order valence-corrected chi connectivity index (χ0v) is 11.3. The summed E-state index contributed by atoms with van der Waals surface area (Å²) in [6, 6.07) is 9.06. The van der Waals surface area contributed by atoms with Crippen LogP contribution in [0.3, 0.4) is 0 Å². The molecule has 0 saturated carbocycles. The molecule has 1 aromatic rings. The first-order valence-corrected chi connectivity index (χ1v) is 6.14. The zero-order valence-electron chi connectivity index (χ0n) is 11.3. The number of methoxy groups -OCH3 is 1. The van der Waals surface area contributed by atoms with Crippen LogP contribution in [-0.4, -0.2) is 44.7 Å². The van der Waals surface area contributed by atoms with Crippen molar-refractivity contribution in [3.05, 3.63) is 29.8 Å². The molecule has 1 N–H and O–H groups in total. The van der Waals surface area contributed by atoms with E-state index in [2.05, 4.69) is 11.4 Å². The van der Waals surface area contributed by atoms with Gasteiger partial charge in [-0.3, -0.25) is 4.79 Å². The fourth-order valence-corrected chi connectivity index (χ4v) is 1.55. The van der Waals surface area contributed by atoms with E-state index in [4.69, 9.17) is 10.00 Å². The molecule has 0 bridgehead atoms. The Morgan fingerprint density at radius 1 is 1.42 bits per heavy atom. The van der Waals surface area contributed by atoms with Gasteiger partial charge in [0.2, 0.25) is 5.91 Å². The van der Waals surface area contributed by atoms with E-state index in [1.54, 1.807) is 43.3 Å². The molecule has 1 aromatic carbocycles. The summed E-state index contributed by atoms with van der Waals surface area (Å²) in [7, 11) is 3.42. The standard InChI is InChI=1S/C14H19N3O2/c1-17(8-3-9-19-2)14(18)11-16-13-6-4-12(10-15)5-7-13/h4-7,16H,3,8-9,11H2,1-2H3. The first-order chi connectivity index (χ1) is 9.17. The SMILES string of the molecule is COCCCN(C)C(=O)CNc1ccc(C#N)cc1. The van der Waals surface area contributed by atoms with Gasteiger partial charge >= 0.3 is 0 Å². The van der Waals surface area contributed by atoms with Gasteiger partial charge in [-0.05, 0) is 30.7 Å². The van der Waals surface area contributed by atoms with Gasteiger partial charge in [-0.2, -0.15) is 5.26 Å². The summed E-state index contributed by atoms with van der Waals surface area (Å²) >= 11 is 0. The van der Waals surface area contributed by atoms with Gasteiger partial charge in [-0.1, -0.05) is 0 Å². The van der Waals surface area contributed by atoms with Gasteiger partial charge in [0.1, 0.15) is 0 Å². The normalized spacial score (nSPS) is 9.74. The third kappa shape index (κ3) is 5.40. The lowest BCUT2D eigenvalue weighted by Crippen LogP contribution is -2.33. The maximum atomic E-state index is 11.8. The molecule has 0 saturated heterocycles. The number of hydrogen-bond donors (Lipinski definition) is 1. The van der Waals surface area contributed by atoms with Crippen molar-refractivity contribution in [2.45, 2.75) is 6.42 Å². The number of nitrogens with zero attached hydrogens (tertiary/aromatic N) is 2. The smallest absolute Gasteiger partial charge is 0.241 e. The Morgan fingerprint density at radius 3 is 2.68 bits per heavy atom. The van der Waals surface area contributed by atoms with Crippen LogP contribution in [0.2, 0.25) is 0 Å². The average molecular weight is 261 g/mol. The summed E-state index contributed by atoms with van der Waals surface area (Å²) in [5, 5.41) is 11.7. The molecule has 0 heterocycles. The molecule has 0 atom stereocenters. The molecule has 102 valence electrons. The second kappa shape index (κ2) is 8.11. The Morgan fingerprint density at radius 2 is 2.11 bits per heavy atom. The second-order valence-corrected chi connectivity index (χ2v) is 4.20. The predicted octanol–water partition coefficient (Wildman–Crippen LogP) is 1.47. The van der Waals surface area contributed by atoms with Crippen molar-refractivity contribution in [2.24, 2.45) is 0 Å². The predicted molar refractivity (Wildman–Crippen MR) is 73.8 cm³/mol. The molecule has 5 nitrogen and oxygen atoms in total. The van der Waals surface area contributed by atoms with E-state index < -0.39 is 0 Å². The average Bonchev–Trinajstić information content (AvgIpc) is 2.45. The van der Waals surface area contributed by atoms with Crippen molar-refractivity contribution in [3.8, 4) is 6.07 Å². The number of anilines is 1. The Hall–Kier alpha value is -2.06. The van der Waals surface area contributed by atoms with Crippen LogP contribution < -0.4 is 5.32 Å². The van der Waals surface area contributed by atoms with E-state index in [0.717, 1.165) is 12.1 Å². The van der Waals surface area contributed by atoms with Gasteiger partial charge < -0.3 is 15.0 Å². The van der Waals surface area contributed by atoms with E-state index in [-0.39, 0.29) is 12.5 Å². The van der Waals surface area contributed by atoms with Crippen molar-refractivity contribution in [1.82, 2.24) is 4.90 Å². The van der Waals surface area contributed by atoms with E-state index in [1.807, 2.05) is 0 Å². The highest BCUT2D eigenvalue weighted by molar-refractivity contribution is 5.80. The molecule has 0 aliphatic carbocycles. The molecule has 5 heteroatoms. The summed E-state index contributed by atoms with van der Waals surface area (Å²) in [5.41, 5.74) is 1.44. The van der Waals surface area contributed by atoms with Gasteiger partial charge in [0.15, 0.2) is 0 Å². The van der Waals surface area contributed by atoms with E-state index in [0.29, 0.717) is 18.7 Å². The van der Waals surface area contributed by atoms with Crippen molar-refractivity contribution in [1.29, 1.82) is 5.26 Å². The number of carbonyl (C=O) groups excluding carboxylic acids is 1. The molecule has 19 heavy (non-hydrogen) atoms. The molecule has 0 fully saturated rings. The van der Waals surface area contributed by atoms with Gasteiger partial charge in [0.05, 0.1) is 18.2 Å². The minimum atomic E-state index is 0.0282. The molecule has 0 aliphatic rings. The molecule has 0 aromatic heterocycles. The van der Waals surface area contributed by atoms with Crippen LogP contribution in [0.15, 0.2) is 24.3 Å². The highest BCUT2D eigenvalue weighted by atomic mass is 16.5. The molecule has 0 spiro atoms. The number of ether oxygens (including phenoxy) is 1. The number of rotatable bonds is 7. The van der Waals surface area contributed by atoms with Crippen molar-refractivity contribution in [3.63, 3.8) is 0 Å². The summed E-state index contributed by atoms with van der Waals surface area (Å²) in [5.74, 6) is 0.0282. The maximum Gasteiger partial charge on any atom is 0.241 e. The monoisotopic (exact) mass is 261 g/mol. The Bertz CT molecular complexity index is 437. The molecule has 0 unspecified atom stereocenters. The van der Waals surface area contributed by atoms with Crippen LogP contribution in [0.5, 0.6) is 0 Å². The quantitative estimate of drug-likeness (QED) is 0.755. The molecule has 0 aliphatic heterocycles. The van der Waals surface area contributed by atoms with Gasteiger partial charge in [0.25, 0.3) is 0 Å². The molecule has 1 amide bonds. The van der Waals surface area contributed by atoms with Crippen molar-refractivity contribution >= 4 is 11.6 Å². The highest BCUT2D eigenvalue weighted by Gasteiger charge is 2.07. The van der Waals surface area contributed by atoms with E-state index in [1.165, 1.54) is 0 Å². The third-order valence-corrected chi connectivity index (χ3v) is 2.73. The molecular weight excluding hydrogens is 242 g/mol. The van der Waals surface area contributed by atoms with Gasteiger partial charge in [-0.15, -0.1) is 0 Å². The fraction of sp³-hybridized carbons (Fsp3) is 0.429. The van der Waals surface area contributed by atoms with Crippen molar-refractivity contribution in [2.75, 3.05) is 39.2 Å². The van der Waals surface area contributed by atoms with Gasteiger partial charge in [-0.25, -0.2) is 0 Å². The zero-order chi connectivity index (χ0) is 14.1. The number of benzene rings is 1. The van der Waals surface area contributed by atoms with Crippen LogP contribution >= 0.6 is 0 Å². The topological polar surface area (TPSA) is 65.4 Å². The van der Waals surface area contributed by atoms with Crippen LogP contribution in [-0.2, 0) is 9.53 Å².